The van der Waals surface area contributed by atoms with Crippen LogP contribution in [0.2, 0.25) is 0 Å². The predicted molar refractivity (Wildman–Crippen MR) is 322 cm³/mol. The SMILES string of the molecule is CC.CC.COc1cc(-c2scnc2C)ccc1CNC(=O)C1CCCN1C(=O)C(N1Cc2ccccc2C1=O)C(C)(C)C.COc1cc(-c2scnc2C)ccc1CNC(=O)C1CCCN1C(=O)C(NC(=O)C1(C#N)CC1)C(C)(C)C. The van der Waals surface area contributed by atoms with E-state index in [9.17, 15) is 34.0 Å². The third kappa shape index (κ3) is 14.3. The van der Waals surface area contributed by atoms with Gasteiger partial charge in [0.15, 0.2) is 0 Å². The molecular weight excluding hydrogens is 1070 g/mol. The number of benzene rings is 3. The van der Waals surface area contributed by atoms with Gasteiger partial charge in [0.05, 0.1) is 52.5 Å². The predicted octanol–water partition coefficient (Wildman–Crippen LogP) is 10.4. The van der Waals surface area contributed by atoms with E-state index in [1.807, 2.05) is 155 Å². The zero-order valence-corrected chi connectivity index (χ0v) is 51.9. The molecule has 4 aliphatic rings. The van der Waals surface area contributed by atoms with E-state index in [2.05, 4.69) is 32.0 Å². The highest BCUT2D eigenvalue weighted by Crippen LogP contribution is 2.46. The zero-order chi connectivity index (χ0) is 60.3. The van der Waals surface area contributed by atoms with Gasteiger partial charge in [-0.05, 0) is 98.1 Å². The van der Waals surface area contributed by atoms with Crippen LogP contribution < -0.4 is 25.4 Å². The molecule has 9 rings (SSSR count). The maximum Gasteiger partial charge on any atom is 0.255 e. The van der Waals surface area contributed by atoms with Crippen LogP contribution in [0, 0.1) is 41.4 Å². The Hall–Kier alpha value is -7.17. The number of rotatable bonds is 15. The number of likely N-dealkylation sites (tertiary alicyclic amines) is 2. The molecule has 4 unspecified atom stereocenters. The van der Waals surface area contributed by atoms with Crippen molar-refractivity contribution in [1.29, 1.82) is 5.26 Å². The van der Waals surface area contributed by atoms with Gasteiger partial charge in [0.2, 0.25) is 29.5 Å². The second-order valence-electron chi connectivity index (χ2n) is 22.7. The number of nitriles is 1. The number of ether oxygens (including phenoxy) is 2. The molecule has 1 aliphatic carbocycles. The minimum absolute atomic E-state index is 0.131. The van der Waals surface area contributed by atoms with Crippen molar-refractivity contribution in [3.63, 3.8) is 0 Å². The van der Waals surface area contributed by atoms with Crippen LogP contribution in [0.1, 0.15) is 146 Å². The summed E-state index contributed by atoms with van der Waals surface area (Å²) in [5.41, 5.74) is 8.69. The molecule has 0 spiro atoms. The molecule has 440 valence electrons. The number of hydrogen-bond donors (Lipinski definition) is 3. The Morgan fingerprint density at radius 1 is 0.720 bits per heavy atom. The Balaban J connectivity index is 0.000000249. The highest BCUT2D eigenvalue weighted by Gasteiger charge is 2.53. The van der Waals surface area contributed by atoms with Crippen LogP contribution in [-0.4, -0.2) is 112 Å². The molecule has 17 nitrogen and oxygen atoms in total. The summed E-state index contributed by atoms with van der Waals surface area (Å²) in [6.07, 6.45) is 3.57. The highest BCUT2D eigenvalue weighted by molar-refractivity contribution is 7.13. The highest BCUT2D eigenvalue weighted by atomic mass is 32.1. The van der Waals surface area contributed by atoms with Crippen molar-refractivity contribution >= 4 is 58.1 Å². The number of thiazole rings is 2. The maximum atomic E-state index is 14.1. The van der Waals surface area contributed by atoms with Crippen LogP contribution in [0.25, 0.3) is 20.9 Å². The Bertz CT molecular complexity index is 3130. The van der Waals surface area contributed by atoms with Crippen molar-refractivity contribution in [3.05, 3.63) is 105 Å². The van der Waals surface area contributed by atoms with Gasteiger partial charge >= 0.3 is 0 Å². The van der Waals surface area contributed by atoms with E-state index in [0.29, 0.717) is 68.8 Å². The minimum atomic E-state index is -1.03. The first-order valence-electron chi connectivity index (χ1n) is 28.5. The largest absolute Gasteiger partial charge is 0.496 e. The molecule has 2 aromatic heterocycles. The summed E-state index contributed by atoms with van der Waals surface area (Å²) in [5.74, 6) is -0.0892. The van der Waals surface area contributed by atoms with Crippen molar-refractivity contribution in [2.24, 2.45) is 16.2 Å². The summed E-state index contributed by atoms with van der Waals surface area (Å²) in [5, 5.41) is 18.2. The van der Waals surface area contributed by atoms with Gasteiger partial charge in [-0.3, -0.25) is 28.8 Å². The molecule has 2 saturated heterocycles. The Morgan fingerprint density at radius 3 is 1.60 bits per heavy atom. The van der Waals surface area contributed by atoms with E-state index in [-0.39, 0.29) is 42.6 Å². The fourth-order valence-corrected chi connectivity index (χ4v) is 12.2. The van der Waals surface area contributed by atoms with E-state index in [4.69, 9.17) is 9.47 Å². The number of nitrogens with zero attached hydrogens (tertiary/aromatic N) is 6. The number of methoxy groups -OCH3 is 2. The number of hydrogen-bond acceptors (Lipinski definition) is 13. The van der Waals surface area contributed by atoms with Gasteiger partial charge in [-0.25, -0.2) is 9.97 Å². The fraction of sp³-hybridized carbons (Fsp3) is 0.508. The third-order valence-corrected chi connectivity index (χ3v) is 17.1. The first-order valence-corrected chi connectivity index (χ1v) is 30.3. The lowest BCUT2D eigenvalue weighted by atomic mass is 9.84. The molecule has 0 radical (unpaired) electrons. The molecule has 1 saturated carbocycles. The van der Waals surface area contributed by atoms with Crippen LogP contribution in [0.5, 0.6) is 11.5 Å². The average Bonchev–Trinajstić information content (AvgIpc) is 4.30. The number of nitrogens with one attached hydrogen (secondary N) is 3. The fourth-order valence-electron chi connectivity index (χ4n) is 10.6. The number of carbonyl (C=O) groups excluding carboxylic acids is 6. The van der Waals surface area contributed by atoms with Crippen molar-refractivity contribution < 1.29 is 38.2 Å². The number of amides is 6. The van der Waals surface area contributed by atoms with Crippen LogP contribution >= 0.6 is 22.7 Å². The lowest BCUT2D eigenvalue weighted by molar-refractivity contribution is -0.145. The molecule has 3 fully saturated rings. The van der Waals surface area contributed by atoms with Crippen LogP contribution in [0.4, 0.5) is 0 Å². The molecule has 4 atom stereocenters. The standard InChI is InChI=1S/C31H36N4O4S.C28H35N5O4S.2C2H6/c1-19-26(40-18-33-19)20-12-13-21(25(15-20)39-5)16-32-28(36)24-11-8-14-34(24)30(38)27(31(2,3)4)35-17-22-9-6-7-10-23(22)29(35)37;1-17-22(38-16-31-17)18-8-9-19(21(13-18)37-5)14-30-24(34)20-7-6-12-33(20)25(35)23(27(2,3)4)32-26(36)28(15-29)10-11-28;2*1-2/h6-7,9-10,12-13,15,18,24,27H,8,11,14,16-17H2,1-5H3,(H,32,36);8-9,13,16,20,23H,6-7,10-12,14H2,1-5H3,(H,30,34)(H,32,36);2*1-2H3. The Labute approximate surface area is 492 Å². The van der Waals surface area contributed by atoms with E-state index in [0.717, 1.165) is 55.4 Å². The second-order valence-corrected chi connectivity index (χ2v) is 24.4. The molecule has 5 heterocycles. The van der Waals surface area contributed by atoms with Crippen LogP contribution in [0.15, 0.2) is 71.7 Å². The lowest BCUT2D eigenvalue weighted by Crippen LogP contribution is -2.58. The summed E-state index contributed by atoms with van der Waals surface area (Å²) in [7, 11) is 3.21. The first-order chi connectivity index (χ1) is 39.1. The van der Waals surface area contributed by atoms with E-state index in [1.165, 1.54) is 0 Å². The second kappa shape index (κ2) is 27.7. The van der Waals surface area contributed by atoms with Crippen molar-refractivity contribution in [3.8, 4) is 38.4 Å². The van der Waals surface area contributed by atoms with E-state index < -0.39 is 46.3 Å². The maximum absolute atomic E-state index is 14.1. The zero-order valence-electron chi connectivity index (χ0n) is 50.3. The normalized spacial score (nSPS) is 17.5. The summed E-state index contributed by atoms with van der Waals surface area (Å²) < 4.78 is 11.2. The lowest BCUT2D eigenvalue weighted by Gasteiger charge is -2.40. The summed E-state index contributed by atoms with van der Waals surface area (Å²) >= 11 is 3.14. The number of fused-ring (bicyclic) bond motifs is 1. The van der Waals surface area contributed by atoms with Gasteiger partial charge in [0, 0.05) is 49.4 Å². The van der Waals surface area contributed by atoms with E-state index in [1.54, 1.807) is 51.6 Å². The van der Waals surface area contributed by atoms with Gasteiger partial charge in [-0.1, -0.05) is 112 Å². The molecule has 6 amide bonds. The number of aromatic nitrogens is 2. The quantitative estimate of drug-likeness (QED) is 0.0896. The monoisotopic (exact) mass is 1160 g/mol. The molecule has 3 aliphatic heterocycles. The summed E-state index contributed by atoms with van der Waals surface area (Å²) in [4.78, 5) is 96.2. The van der Waals surface area contributed by atoms with Gasteiger partial charge < -0.3 is 40.1 Å². The summed E-state index contributed by atoms with van der Waals surface area (Å²) in [6.45, 7) is 25.3. The van der Waals surface area contributed by atoms with Crippen molar-refractivity contribution in [2.75, 3.05) is 27.3 Å². The van der Waals surface area contributed by atoms with Gasteiger partial charge in [-0.2, -0.15) is 5.26 Å². The van der Waals surface area contributed by atoms with Crippen molar-refractivity contribution in [2.45, 2.75) is 165 Å². The Kier molecular flexibility index (Phi) is 21.6. The number of aryl methyl sites for hydroxylation is 2. The minimum Gasteiger partial charge on any atom is -0.496 e. The molecule has 3 N–H and O–H groups in total. The molecule has 5 aromatic rings. The number of carbonyl (C=O) groups is 6. The van der Waals surface area contributed by atoms with Crippen molar-refractivity contribution in [1.82, 2.24) is 40.6 Å². The molecule has 19 heteroatoms. The van der Waals surface area contributed by atoms with Gasteiger partial charge in [0.1, 0.15) is 41.1 Å². The molecule has 0 bridgehead atoms. The topological polar surface area (TPSA) is 216 Å². The summed E-state index contributed by atoms with van der Waals surface area (Å²) in [6, 6.07) is 18.7. The average molecular weight is 1160 g/mol. The third-order valence-electron chi connectivity index (χ3n) is 15.2. The molecule has 3 aromatic carbocycles. The smallest absolute Gasteiger partial charge is 0.255 e. The van der Waals surface area contributed by atoms with Crippen LogP contribution in [-0.2, 0) is 43.6 Å². The Morgan fingerprint density at radius 2 is 1.20 bits per heavy atom. The first kappa shape index (κ1) is 64.0. The van der Waals surface area contributed by atoms with Gasteiger partial charge in [-0.15, -0.1) is 22.7 Å². The van der Waals surface area contributed by atoms with E-state index >= 15 is 0 Å². The molecule has 82 heavy (non-hydrogen) atoms. The van der Waals surface area contributed by atoms with Gasteiger partial charge in [0.25, 0.3) is 5.91 Å². The van der Waals surface area contributed by atoms with Crippen LogP contribution in [0.3, 0.4) is 0 Å². The molecular formula is C63H83N9O8S2.